The summed E-state index contributed by atoms with van der Waals surface area (Å²) in [5, 5.41) is 0.834. The normalized spacial score (nSPS) is 11.7. The zero-order valence-electron chi connectivity index (χ0n) is 14.2. The molecule has 0 saturated heterocycles. The predicted molar refractivity (Wildman–Crippen MR) is 101 cm³/mol. The van der Waals surface area contributed by atoms with Crippen molar-refractivity contribution in [3.8, 4) is 17.1 Å². The van der Waals surface area contributed by atoms with Crippen LogP contribution < -0.4 is 10.2 Å². The van der Waals surface area contributed by atoms with Crippen LogP contribution in [0.3, 0.4) is 0 Å². The third-order valence-corrected chi connectivity index (χ3v) is 4.55. The molecule has 0 N–H and O–H groups in total. The van der Waals surface area contributed by atoms with Crippen molar-refractivity contribution in [1.82, 2.24) is 0 Å². The minimum absolute atomic E-state index is 0.0969. The molecule has 3 aromatic rings. The predicted octanol–water partition coefficient (Wildman–Crippen LogP) is 6.03. The monoisotopic (exact) mass is 440 g/mol. The molecule has 0 unspecified atom stereocenters. The Morgan fingerprint density at radius 3 is 2.41 bits per heavy atom. The molecular formula is C20H16BrF3O3. The first kappa shape index (κ1) is 19.5. The molecule has 0 aliphatic carbocycles. The van der Waals surface area contributed by atoms with Crippen molar-refractivity contribution in [2.24, 2.45) is 0 Å². The summed E-state index contributed by atoms with van der Waals surface area (Å²) < 4.78 is 49.7. The van der Waals surface area contributed by atoms with Gasteiger partial charge in [0.2, 0.25) is 0 Å². The van der Waals surface area contributed by atoms with Gasteiger partial charge in [-0.05, 0) is 55.3 Å². The van der Waals surface area contributed by atoms with E-state index in [4.69, 9.17) is 9.15 Å². The lowest BCUT2D eigenvalue weighted by Gasteiger charge is -2.09. The van der Waals surface area contributed by atoms with Gasteiger partial charge in [-0.15, -0.1) is 0 Å². The van der Waals surface area contributed by atoms with Gasteiger partial charge in [-0.3, -0.25) is 4.79 Å². The average Bonchev–Trinajstić information content (AvgIpc) is 2.64. The summed E-state index contributed by atoms with van der Waals surface area (Å²) >= 11 is 3.36. The highest BCUT2D eigenvalue weighted by molar-refractivity contribution is 9.09. The second-order valence-electron chi connectivity index (χ2n) is 5.95. The van der Waals surface area contributed by atoms with Crippen LogP contribution in [-0.4, -0.2) is 11.9 Å². The van der Waals surface area contributed by atoms with Gasteiger partial charge in [0.1, 0.15) is 17.1 Å². The summed E-state index contributed by atoms with van der Waals surface area (Å²) in [6, 6.07) is 11.1. The molecule has 0 atom stereocenters. The molecular weight excluding hydrogens is 425 g/mol. The van der Waals surface area contributed by atoms with E-state index in [0.717, 1.165) is 30.3 Å². The summed E-state index contributed by atoms with van der Waals surface area (Å²) in [7, 11) is 0. The number of ether oxygens (including phenoxy) is 1. The van der Waals surface area contributed by atoms with E-state index in [9.17, 15) is 18.0 Å². The number of rotatable bonds is 6. The van der Waals surface area contributed by atoms with E-state index in [-0.39, 0.29) is 16.7 Å². The number of fused-ring (bicyclic) bond motifs is 1. The molecule has 0 fully saturated rings. The molecule has 0 bridgehead atoms. The van der Waals surface area contributed by atoms with Gasteiger partial charge in [-0.1, -0.05) is 15.9 Å². The molecule has 0 saturated carbocycles. The van der Waals surface area contributed by atoms with Gasteiger partial charge in [-0.25, -0.2) is 0 Å². The van der Waals surface area contributed by atoms with Crippen molar-refractivity contribution in [1.29, 1.82) is 0 Å². The van der Waals surface area contributed by atoms with E-state index >= 15 is 0 Å². The maximum absolute atomic E-state index is 12.8. The Labute approximate surface area is 161 Å². The van der Waals surface area contributed by atoms with Gasteiger partial charge in [0.05, 0.1) is 17.6 Å². The highest BCUT2D eigenvalue weighted by Gasteiger charge is 2.30. The van der Waals surface area contributed by atoms with Crippen molar-refractivity contribution in [2.45, 2.75) is 19.0 Å². The summed E-state index contributed by atoms with van der Waals surface area (Å²) in [5.41, 5.74) is -0.647. The van der Waals surface area contributed by atoms with E-state index in [0.29, 0.717) is 17.9 Å². The molecule has 0 radical (unpaired) electrons. The minimum atomic E-state index is -4.51. The van der Waals surface area contributed by atoms with Gasteiger partial charge in [0.15, 0.2) is 5.43 Å². The average molecular weight is 441 g/mol. The molecule has 0 spiro atoms. The highest BCUT2D eigenvalue weighted by atomic mass is 79.9. The maximum atomic E-state index is 12.8. The Balaban J connectivity index is 1.85. The molecule has 1 heterocycles. The van der Waals surface area contributed by atoms with Crippen LogP contribution in [-0.2, 0) is 6.18 Å². The summed E-state index contributed by atoms with van der Waals surface area (Å²) in [6.45, 7) is 0.609. The fourth-order valence-electron chi connectivity index (χ4n) is 2.58. The molecule has 142 valence electrons. The third-order valence-electron chi connectivity index (χ3n) is 3.99. The molecule has 3 rings (SSSR count). The molecule has 0 aliphatic heterocycles. The van der Waals surface area contributed by atoms with Gasteiger partial charge in [0, 0.05) is 17.0 Å². The maximum Gasteiger partial charge on any atom is 0.416 e. The van der Waals surface area contributed by atoms with E-state index in [1.165, 1.54) is 12.1 Å². The largest absolute Gasteiger partial charge is 0.494 e. The summed E-state index contributed by atoms with van der Waals surface area (Å²) in [4.78, 5) is 12.3. The van der Waals surface area contributed by atoms with Crippen molar-refractivity contribution in [2.75, 3.05) is 11.9 Å². The second-order valence-corrected chi connectivity index (χ2v) is 6.75. The van der Waals surface area contributed by atoms with Gasteiger partial charge in [0.25, 0.3) is 0 Å². The number of unbranched alkanes of at least 4 members (excludes halogenated alkanes) is 1. The van der Waals surface area contributed by atoms with Crippen LogP contribution in [0, 0.1) is 0 Å². The third kappa shape index (κ3) is 4.71. The van der Waals surface area contributed by atoms with E-state index < -0.39 is 17.2 Å². The fourth-order valence-corrected chi connectivity index (χ4v) is 2.97. The summed E-state index contributed by atoms with van der Waals surface area (Å²) in [6.07, 6.45) is -2.55. The Morgan fingerprint density at radius 2 is 1.74 bits per heavy atom. The van der Waals surface area contributed by atoms with Gasteiger partial charge < -0.3 is 9.15 Å². The lowest BCUT2D eigenvalue weighted by Crippen LogP contribution is -2.07. The smallest absolute Gasteiger partial charge is 0.416 e. The van der Waals surface area contributed by atoms with Crippen LogP contribution >= 0.6 is 15.9 Å². The molecule has 27 heavy (non-hydrogen) atoms. The SMILES string of the molecule is O=c1cc(-c2ccc(OCCCCBr)cc2)oc2ccc(C(F)(F)F)cc12. The van der Waals surface area contributed by atoms with Gasteiger partial charge >= 0.3 is 6.18 Å². The zero-order chi connectivity index (χ0) is 19.4. The van der Waals surface area contributed by atoms with Crippen molar-refractivity contribution < 1.29 is 22.3 Å². The molecule has 2 aromatic carbocycles. The Hall–Kier alpha value is -2.28. The van der Waals surface area contributed by atoms with Crippen LogP contribution in [0.15, 0.2) is 57.7 Å². The first-order chi connectivity index (χ1) is 12.9. The van der Waals surface area contributed by atoms with Crippen LogP contribution in [0.1, 0.15) is 18.4 Å². The van der Waals surface area contributed by atoms with Crippen molar-refractivity contribution >= 4 is 26.9 Å². The number of halogens is 4. The van der Waals surface area contributed by atoms with Crippen LogP contribution in [0.4, 0.5) is 13.2 Å². The second kappa shape index (κ2) is 8.17. The first-order valence-corrected chi connectivity index (χ1v) is 9.45. The van der Waals surface area contributed by atoms with E-state index in [2.05, 4.69) is 15.9 Å². The number of hydrogen-bond donors (Lipinski definition) is 0. The molecule has 3 nitrogen and oxygen atoms in total. The lowest BCUT2D eigenvalue weighted by molar-refractivity contribution is -0.137. The quantitative estimate of drug-likeness (QED) is 0.346. The van der Waals surface area contributed by atoms with E-state index in [1.54, 1.807) is 24.3 Å². The topological polar surface area (TPSA) is 39.4 Å². The first-order valence-electron chi connectivity index (χ1n) is 8.33. The number of benzene rings is 2. The van der Waals surface area contributed by atoms with E-state index in [1.807, 2.05) is 0 Å². The van der Waals surface area contributed by atoms with Crippen molar-refractivity contribution in [3.05, 3.63) is 64.3 Å². The molecule has 1 aromatic heterocycles. The molecule has 0 amide bonds. The Kier molecular flexibility index (Phi) is 5.89. The summed E-state index contributed by atoms with van der Waals surface area (Å²) in [5.74, 6) is 0.990. The number of alkyl halides is 4. The van der Waals surface area contributed by atoms with Crippen LogP contribution in [0.5, 0.6) is 5.75 Å². The zero-order valence-corrected chi connectivity index (χ0v) is 15.8. The standard InChI is InChI=1S/C20H16BrF3O3/c21-9-1-2-10-26-15-6-3-13(4-7-15)19-12-17(25)16-11-14(20(22,23)24)5-8-18(16)27-19/h3-8,11-12H,1-2,9-10H2. The fraction of sp³-hybridized carbons (Fsp3) is 0.250. The van der Waals surface area contributed by atoms with Crippen LogP contribution in [0.25, 0.3) is 22.3 Å². The molecule has 0 aliphatic rings. The minimum Gasteiger partial charge on any atom is -0.494 e. The molecule has 7 heteroatoms. The Bertz CT molecular complexity index is 978. The van der Waals surface area contributed by atoms with Crippen LogP contribution in [0.2, 0.25) is 0 Å². The lowest BCUT2D eigenvalue weighted by atomic mass is 10.1. The Morgan fingerprint density at radius 1 is 1.00 bits per heavy atom. The van der Waals surface area contributed by atoms with Gasteiger partial charge in [-0.2, -0.15) is 13.2 Å². The van der Waals surface area contributed by atoms with Crippen molar-refractivity contribution in [3.63, 3.8) is 0 Å². The highest BCUT2D eigenvalue weighted by Crippen LogP contribution is 2.32. The number of hydrogen-bond acceptors (Lipinski definition) is 3.